The van der Waals surface area contributed by atoms with E-state index in [0.29, 0.717) is 0 Å². The minimum atomic E-state index is -4.09. The highest BCUT2D eigenvalue weighted by molar-refractivity contribution is 7.92. The van der Waals surface area contributed by atoms with Crippen LogP contribution in [-0.4, -0.2) is 21.5 Å². The largest absolute Gasteiger partial charge is 0.545 e. The van der Waals surface area contributed by atoms with Gasteiger partial charge in [-0.25, -0.2) is 8.42 Å². The van der Waals surface area contributed by atoms with Crippen LogP contribution in [0.1, 0.15) is 10.4 Å². The van der Waals surface area contributed by atoms with Crippen molar-refractivity contribution < 1.29 is 23.1 Å². The number of benzene rings is 2. The SMILES string of the molecule is COc1ccc(Cl)cc1S(=O)(=O)Nc1ccccc1C(=O)[O-]. The van der Waals surface area contributed by atoms with Crippen LogP contribution in [0.5, 0.6) is 5.75 Å². The Kier molecular flexibility index (Phi) is 4.58. The number of aromatic carboxylic acids is 1. The smallest absolute Gasteiger partial charge is 0.265 e. The minimum absolute atomic E-state index is 0.0860. The van der Waals surface area contributed by atoms with E-state index in [1.807, 2.05) is 0 Å². The van der Waals surface area contributed by atoms with Crippen LogP contribution in [0.3, 0.4) is 0 Å². The van der Waals surface area contributed by atoms with Crippen molar-refractivity contribution >= 4 is 33.3 Å². The maximum Gasteiger partial charge on any atom is 0.265 e. The maximum atomic E-state index is 12.4. The molecule has 0 aliphatic heterocycles. The predicted octanol–water partition coefficient (Wildman–Crippen LogP) is 1.51. The molecule has 0 heterocycles. The summed E-state index contributed by atoms with van der Waals surface area (Å²) in [6.07, 6.45) is 0. The molecular formula is C14H11ClNO5S-. The van der Waals surface area contributed by atoms with Crippen LogP contribution in [0.4, 0.5) is 5.69 Å². The molecule has 0 unspecified atom stereocenters. The van der Waals surface area contributed by atoms with Gasteiger partial charge in [-0.15, -0.1) is 0 Å². The molecular weight excluding hydrogens is 330 g/mol. The molecule has 116 valence electrons. The molecule has 0 saturated carbocycles. The molecule has 8 heteroatoms. The standard InChI is InChI=1S/C14H12ClNO5S/c1-21-12-7-6-9(15)8-13(12)22(19,20)16-11-5-3-2-4-10(11)14(17)18/h2-8,16H,1H3,(H,17,18)/p-1. The molecule has 0 aliphatic rings. The van der Waals surface area contributed by atoms with Crippen molar-refractivity contribution in [2.24, 2.45) is 0 Å². The van der Waals surface area contributed by atoms with Crippen LogP contribution in [0, 0.1) is 0 Å². The van der Waals surface area contributed by atoms with Crippen LogP contribution in [0.15, 0.2) is 47.4 Å². The zero-order valence-corrected chi connectivity index (χ0v) is 12.9. The monoisotopic (exact) mass is 340 g/mol. The van der Waals surface area contributed by atoms with Crippen molar-refractivity contribution in [1.82, 2.24) is 0 Å². The van der Waals surface area contributed by atoms with Gasteiger partial charge in [-0.05, 0) is 24.3 Å². The van der Waals surface area contributed by atoms with Crippen molar-refractivity contribution in [2.75, 3.05) is 11.8 Å². The lowest BCUT2D eigenvalue weighted by Crippen LogP contribution is -2.25. The van der Waals surface area contributed by atoms with Crippen molar-refractivity contribution in [2.45, 2.75) is 4.90 Å². The molecule has 0 atom stereocenters. The number of carbonyl (C=O) groups excluding carboxylic acids is 1. The average Bonchev–Trinajstić information content (AvgIpc) is 2.47. The van der Waals surface area contributed by atoms with E-state index in [2.05, 4.69) is 4.72 Å². The number of sulfonamides is 1. The molecule has 6 nitrogen and oxygen atoms in total. The first-order chi connectivity index (χ1) is 10.3. The van der Waals surface area contributed by atoms with Gasteiger partial charge in [0.15, 0.2) is 0 Å². The summed E-state index contributed by atoms with van der Waals surface area (Å²) in [6, 6.07) is 9.62. The lowest BCUT2D eigenvalue weighted by atomic mass is 10.2. The third-order valence-corrected chi connectivity index (χ3v) is 4.43. The lowest BCUT2D eigenvalue weighted by molar-refractivity contribution is -0.254. The molecule has 0 spiro atoms. The van der Waals surface area contributed by atoms with E-state index < -0.39 is 16.0 Å². The molecule has 1 N–H and O–H groups in total. The normalized spacial score (nSPS) is 11.0. The van der Waals surface area contributed by atoms with Gasteiger partial charge in [0.2, 0.25) is 0 Å². The molecule has 0 fully saturated rings. The number of hydrogen-bond acceptors (Lipinski definition) is 5. The summed E-state index contributed by atoms with van der Waals surface area (Å²) in [6.45, 7) is 0. The van der Waals surface area contributed by atoms with E-state index in [1.165, 1.54) is 49.6 Å². The summed E-state index contributed by atoms with van der Waals surface area (Å²) in [4.78, 5) is 10.8. The summed E-state index contributed by atoms with van der Waals surface area (Å²) >= 11 is 5.81. The number of carboxylic acid groups (broad SMARTS) is 1. The Morgan fingerprint density at radius 1 is 1.23 bits per heavy atom. The van der Waals surface area contributed by atoms with Crippen molar-refractivity contribution in [3.63, 3.8) is 0 Å². The Morgan fingerprint density at radius 3 is 2.55 bits per heavy atom. The van der Waals surface area contributed by atoms with E-state index in [4.69, 9.17) is 16.3 Å². The van der Waals surface area contributed by atoms with Crippen LogP contribution in [-0.2, 0) is 10.0 Å². The topological polar surface area (TPSA) is 95.5 Å². The average molecular weight is 341 g/mol. The fourth-order valence-electron chi connectivity index (χ4n) is 1.81. The first-order valence-electron chi connectivity index (χ1n) is 6.02. The van der Waals surface area contributed by atoms with Gasteiger partial charge in [-0.3, -0.25) is 4.72 Å². The molecule has 0 aromatic heterocycles. The highest BCUT2D eigenvalue weighted by atomic mass is 35.5. The number of carbonyl (C=O) groups is 1. The number of nitrogens with one attached hydrogen (secondary N) is 1. The highest BCUT2D eigenvalue weighted by Gasteiger charge is 2.21. The number of rotatable bonds is 5. The van der Waals surface area contributed by atoms with Gasteiger partial charge >= 0.3 is 0 Å². The van der Waals surface area contributed by atoms with E-state index in [-0.39, 0.29) is 26.9 Å². The number of carboxylic acids is 1. The number of ether oxygens (including phenoxy) is 1. The van der Waals surface area contributed by atoms with E-state index >= 15 is 0 Å². The third kappa shape index (κ3) is 3.32. The predicted molar refractivity (Wildman–Crippen MR) is 79.6 cm³/mol. The number of methoxy groups -OCH3 is 1. The van der Waals surface area contributed by atoms with Crippen molar-refractivity contribution in [1.29, 1.82) is 0 Å². The van der Waals surface area contributed by atoms with E-state index in [0.717, 1.165) is 0 Å². The van der Waals surface area contributed by atoms with Crippen molar-refractivity contribution in [3.05, 3.63) is 53.1 Å². The first-order valence-corrected chi connectivity index (χ1v) is 7.88. The third-order valence-electron chi connectivity index (χ3n) is 2.81. The van der Waals surface area contributed by atoms with Gasteiger partial charge in [-0.2, -0.15) is 0 Å². The molecule has 0 aliphatic carbocycles. The first kappa shape index (κ1) is 16.1. The van der Waals surface area contributed by atoms with Gasteiger partial charge in [0, 0.05) is 10.6 Å². The van der Waals surface area contributed by atoms with Crippen molar-refractivity contribution in [3.8, 4) is 5.75 Å². The van der Waals surface area contributed by atoms with Gasteiger partial charge in [0.05, 0.1) is 18.8 Å². The van der Waals surface area contributed by atoms with Gasteiger partial charge in [0.25, 0.3) is 10.0 Å². The molecule has 0 saturated heterocycles. The fraction of sp³-hybridized carbons (Fsp3) is 0.0714. The molecule has 22 heavy (non-hydrogen) atoms. The number of hydrogen-bond donors (Lipinski definition) is 1. The maximum absolute atomic E-state index is 12.4. The summed E-state index contributed by atoms with van der Waals surface area (Å²) < 4.78 is 32.1. The Morgan fingerprint density at radius 2 is 1.91 bits per heavy atom. The molecule has 0 amide bonds. The molecule has 0 bridgehead atoms. The molecule has 2 aromatic rings. The zero-order chi connectivity index (χ0) is 16.3. The van der Waals surface area contributed by atoms with Gasteiger partial charge < -0.3 is 14.6 Å². The highest BCUT2D eigenvalue weighted by Crippen LogP contribution is 2.29. The second-order valence-electron chi connectivity index (χ2n) is 4.23. The zero-order valence-electron chi connectivity index (χ0n) is 11.4. The number of anilines is 1. The van der Waals surface area contributed by atoms with Crippen LogP contribution in [0.25, 0.3) is 0 Å². The minimum Gasteiger partial charge on any atom is -0.545 e. The number of para-hydroxylation sites is 1. The Balaban J connectivity index is 2.50. The Hall–Kier alpha value is -2.25. The van der Waals surface area contributed by atoms with Crippen LogP contribution >= 0.6 is 11.6 Å². The van der Waals surface area contributed by atoms with Crippen LogP contribution < -0.4 is 14.6 Å². The fourth-order valence-corrected chi connectivity index (χ4v) is 3.32. The van der Waals surface area contributed by atoms with E-state index in [9.17, 15) is 18.3 Å². The molecule has 0 radical (unpaired) electrons. The summed E-state index contributed by atoms with van der Waals surface area (Å²) in [5, 5.41) is 11.2. The Bertz CT molecular complexity index is 820. The quantitative estimate of drug-likeness (QED) is 0.890. The van der Waals surface area contributed by atoms with Gasteiger partial charge in [0.1, 0.15) is 10.6 Å². The second kappa shape index (κ2) is 6.25. The lowest BCUT2D eigenvalue weighted by Gasteiger charge is -2.15. The van der Waals surface area contributed by atoms with Crippen LogP contribution in [0.2, 0.25) is 5.02 Å². The second-order valence-corrected chi connectivity index (χ2v) is 6.32. The summed E-state index contributed by atoms with van der Waals surface area (Å²) in [5.41, 5.74) is -0.378. The number of halogens is 1. The van der Waals surface area contributed by atoms with Gasteiger partial charge in [-0.1, -0.05) is 29.8 Å². The molecule has 2 rings (SSSR count). The Labute approximate surface area is 132 Å². The summed E-state index contributed by atoms with van der Waals surface area (Å²) in [7, 11) is -2.77. The summed E-state index contributed by atoms with van der Waals surface area (Å²) in [5.74, 6) is -1.40. The molecule has 2 aromatic carbocycles. The van der Waals surface area contributed by atoms with E-state index in [1.54, 1.807) is 0 Å².